The van der Waals surface area contributed by atoms with Crippen molar-refractivity contribution in [1.29, 1.82) is 0 Å². The number of carboxylic acid groups (broad SMARTS) is 2. The van der Waals surface area contributed by atoms with E-state index in [0.29, 0.717) is 12.8 Å². The molecule has 16 heavy (non-hydrogen) atoms. The van der Waals surface area contributed by atoms with E-state index >= 15 is 0 Å². The summed E-state index contributed by atoms with van der Waals surface area (Å²) in [6, 6.07) is 0. The van der Waals surface area contributed by atoms with Gasteiger partial charge in [-0.2, -0.15) is 0 Å². The zero-order valence-corrected chi connectivity index (χ0v) is 8.80. The summed E-state index contributed by atoms with van der Waals surface area (Å²) in [5.74, 6) is -3.86. The molecule has 1 aliphatic carbocycles. The third kappa shape index (κ3) is 2.93. The Morgan fingerprint density at radius 2 is 1.75 bits per heavy atom. The van der Waals surface area contributed by atoms with E-state index in [1.807, 2.05) is 0 Å². The van der Waals surface area contributed by atoms with E-state index in [0.717, 1.165) is 0 Å². The van der Waals surface area contributed by atoms with Crippen LogP contribution >= 0.6 is 0 Å². The smallest absolute Gasteiger partial charge is 0.310 e. The first-order chi connectivity index (χ1) is 7.35. The molecule has 1 atom stereocenters. The van der Waals surface area contributed by atoms with Gasteiger partial charge in [0.1, 0.15) is 0 Å². The molecule has 0 amide bonds. The molecule has 0 aromatic carbocycles. The lowest BCUT2D eigenvalue weighted by Crippen LogP contribution is -2.47. The van der Waals surface area contributed by atoms with Crippen molar-refractivity contribution in [2.45, 2.75) is 43.8 Å². The Balaban J connectivity index is 2.76. The molecular formula is C10H16O6. The van der Waals surface area contributed by atoms with Crippen LogP contribution in [0.15, 0.2) is 0 Å². The van der Waals surface area contributed by atoms with Gasteiger partial charge in [0.15, 0.2) is 0 Å². The van der Waals surface area contributed by atoms with Crippen LogP contribution in [0.5, 0.6) is 0 Å². The van der Waals surface area contributed by atoms with E-state index in [4.69, 9.17) is 10.2 Å². The largest absolute Gasteiger partial charge is 0.481 e. The maximum absolute atomic E-state index is 10.9. The summed E-state index contributed by atoms with van der Waals surface area (Å²) in [5, 5.41) is 36.9. The highest BCUT2D eigenvalue weighted by molar-refractivity contribution is 5.78. The summed E-state index contributed by atoms with van der Waals surface area (Å²) in [7, 11) is 0. The Labute approximate surface area is 92.5 Å². The van der Waals surface area contributed by atoms with Crippen LogP contribution < -0.4 is 0 Å². The van der Waals surface area contributed by atoms with Gasteiger partial charge in [0.2, 0.25) is 0 Å². The van der Waals surface area contributed by atoms with E-state index < -0.39 is 36.0 Å². The highest BCUT2D eigenvalue weighted by Crippen LogP contribution is 2.36. The molecule has 0 saturated heterocycles. The van der Waals surface area contributed by atoms with Crippen molar-refractivity contribution in [3.05, 3.63) is 0 Å². The molecule has 1 unspecified atom stereocenters. The van der Waals surface area contributed by atoms with Gasteiger partial charge in [0.25, 0.3) is 0 Å². The van der Waals surface area contributed by atoms with Crippen LogP contribution in [0.25, 0.3) is 0 Å². The second-order valence-electron chi connectivity index (χ2n) is 4.32. The Kier molecular flexibility index (Phi) is 3.88. The van der Waals surface area contributed by atoms with Crippen molar-refractivity contribution in [3.63, 3.8) is 0 Å². The van der Waals surface area contributed by atoms with Gasteiger partial charge < -0.3 is 20.4 Å². The third-order valence-corrected chi connectivity index (χ3v) is 3.15. The van der Waals surface area contributed by atoms with Crippen molar-refractivity contribution in [1.82, 2.24) is 0 Å². The molecule has 0 radical (unpaired) electrons. The molecule has 1 saturated carbocycles. The predicted molar refractivity (Wildman–Crippen MR) is 52.8 cm³/mol. The van der Waals surface area contributed by atoms with Gasteiger partial charge in [-0.05, 0) is 25.7 Å². The van der Waals surface area contributed by atoms with E-state index in [1.165, 1.54) is 0 Å². The molecule has 1 rings (SSSR count). The normalized spacial score (nSPS) is 32.0. The number of aliphatic hydroxyl groups is 2. The van der Waals surface area contributed by atoms with Gasteiger partial charge in [-0.1, -0.05) is 0 Å². The quantitative estimate of drug-likeness (QED) is 0.535. The van der Waals surface area contributed by atoms with E-state index in [9.17, 15) is 19.8 Å². The maximum Gasteiger partial charge on any atom is 0.310 e. The minimum Gasteiger partial charge on any atom is -0.481 e. The Hall–Kier alpha value is -1.14. The molecule has 92 valence electrons. The zero-order valence-electron chi connectivity index (χ0n) is 8.80. The summed E-state index contributed by atoms with van der Waals surface area (Å²) in [4.78, 5) is 21.5. The van der Waals surface area contributed by atoms with E-state index in [-0.39, 0.29) is 12.8 Å². The van der Waals surface area contributed by atoms with Crippen LogP contribution in [0.4, 0.5) is 0 Å². The fourth-order valence-corrected chi connectivity index (χ4v) is 2.13. The molecule has 1 aliphatic rings. The minimum absolute atomic E-state index is 0.123. The van der Waals surface area contributed by atoms with E-state index in [1.54, 1.807) is 0 Å². The number of aliphatic carboxylic acids is 2. The van der Waals surface area contributed by atoms with Gasteiger partial charge in [0.05, 0.1) is 24.0 Å². The molecule has 0 spiro atoms. The van der Waals surface area contributed by atoms with Gasteiger partial charge >= 0.3 is 11.9 Å². The standard InChI is InChI=1S/C10H16O6/c11-6-1-3-10(16,4-2-6)7(9(14)15)5-8(12)13/h6-7,11,16H,1-5H2,(H,12,13)(H,14,15). The number of hydrogen-bond donors (Lipinski definition) is 4. The number of carbonyl (C=O) groups is 2. The van der Waals surface area contributed by atoms with Gasteiger partial charge in [-0.25, -0.2) is 0 Å². The highest BCUT2D eigenvalue weighted by atomic mass is 16.4. The fourth-order valence-electron chi connectivity index (χ4n) is 2.13. The predicted octanol–water partition coefficient (Wildman–Crippen LogP) is -0.172. The van der Waals surface area contributed by atoms with Crippen molar-refractivity contribution in [3.8, 4) is 0 Å². The second-order valence-corrected chi connectivity index (χ2v) is 4.32. The fraction of sp³-hybridized carbons (Fsp3) is 0.800. The number of rotatable bonds is 4. The molecule has 0 aromatic rings. The summed E-state index contributed by atoms with van der Waals surface area (Å²) in [5.41, 5.74) is -1.51. The summed E-state index contributed by atoms with van der Waals surface area (Å²) in [6.07, 6.45) is -0.266. The van der Waals surface area contributed by atoms with E-state index in [2.05, 4.69) is 0 Å². The van der Waals surface area contributed by atoms with Crippen LogP contribution in [-0.4, -0.2) is 44.1 Å². The lowest BCUT2D eigenvalue weighted by molar-refractivity contribution is -0.163. The number of aliphatic hydroxyl groups excluding tert-OH is 1. The monoisotopic (exact) mass is 232 g/mol. The van der Waals surface area contributed by atoms with Gasteiger partial charge in [0, 0.05) is 0 Å². The molecule has 6 nitrogen and oxygen atoms in total. The Morgan fingerprint density at radius 3 is 2.12 bits per heavy atom. The van der Waals surface area contributed by atoms with Crippen LogP contribution in [0.2, 0.25) is 0 Å². The van der Waals surface area contributed by atoms with Gasteiger partial charge in [-0.3, -0.25) is 9.59 Å². The summed E-state index contributed by atoms with van der Waals surface area (Å²) in [6.45, 7) is 0. The highest BCUT2D eigenvalue weighted by Gasteiger charge is 2.44. The van der Waals surface area contributed by atoms with Gasteiger partial charge in [-0.15, -0.1) is 0 Å². The Bertz CT molecular complexity index is 279. The summed E-state index contributed by atoms with van der Waals surface area (Å²) < 4.78 is 0. The lowest BCUT2D eigenvalue weighted by atomic mass is 9.73. The van der Waals surface area contributed by atoms with Crippen LogP contribution in [0.1, 0.15) is 32.1 Å². The van der Waals surface area contributed by atoms with Crippen LogP contribution in [0, 0.1) is 5.92 Å². The molecule has 0 heterocycles. The molecular weight excluding hydrogens is 216 g/mol. The van der Waals surface area contributed by atoms with Crippen LogP contribution in [-0.2, 0) is 9.59 Å². The van der Waals surface area contributed by atoms with Crippen molar-refractivity contribution in [2.24, 2.45) is 5.92 Å². The minimum atomic E-state index is -1.51. The van der Waals surface area contributed by atoms with Crippen LogP contribution in [0.3, 0.4) is 0 Å². The van der Waals surface area contributed by atoms with Crippen molar-refractivity contribution >= 4 is 11.9 Å². The number of carboxylic acids is 2. The molecule has 0 aliphatic heterocycles. The first-order valence-corrected chi connectivity index (χ1v) is 5.20. The zero-order chi connectivity index (χ0) is 12.3. The second kappa shape index (κ2) is 4.80. The molecule has 0 aromatic heterocycles. The van der Waals surface area contributed by atoms with Crippen molar-refractivity contribution < 1.29 is 30.0 Å². The SMILES string of the molecule is O=C(O)CC(C(=O)O)C1(O)CCC(O)CC1. The molecule has 0 bridgehead atoms. The molecule has 6 heteroatoms. The maximum atomic E-state index is 10.9. The molecule has 1 fully saturated rings. The lowest BCUT2D eigenvalue weighted by Gasteiger charge is -2.38. The number of hydrogen-bond acceptors (Lipinski definition) is 4. The third-order valence-electron chi connectivity index (χ3n) is 3.15. The summed E-state index contributed by atoms with van der Waals surface area (Å²) >= 11 is 0. The van der Waals surface area contributed by atoms with Crippen molar-refractivity contribution in [2.75, 3.05) is 0 Å². The Morgan fingerprint density at radius 1 is 1.25 bits per heavy atom. The topological polar surface area (TPSA) is 115 Å². The average molecular weight is 232 g/mol. The molecule has 4 N–H and O–H groups in total. The first-order valence-electron chi connectivity index (χ1n) is 5.20. The average Bonchev–Trinajstić information content (AvgIpc) is 2.19. The first kappa shape index (κ1) is 12.9.